The lowest BCUT2D eigenvalue weighted by atomic mass is 10.3. The fourth-order valence-electron chi connectivity index (χ4n) is 2.27. The van der Waals surface area contributed by atoms with Crippen LogP contribution in [0.5, 0.6) is 0 Å². The second-order valence-electron chi connectivity index (χ2n) is 4.96. The summed E-state index contributed by atoms with van der Waals surface area (Å²) < 4.78 is 31.7. The van der Waals surface area contributed by atoms with Crippen molar-refractivity contribution in [2.24, 2.45) is 0 Å². The van der Waals surface area contributed by atoms with Crippen molar-refractivity contribution in [2.75, 3.05) is 32.1 Å². The van der Waals surface area contributed by atoms with Gasteiger partial charge in [0.25, 0.3) is 0 Å². The number of nitrogens with zero attached hydrogens (tertiary/aromatic N) is 1. The highest BCUT2D eigenvalue weighted by atomic mass is 32.2. The standard InChI is InChI=1S/C14H22N2O3S/c1-3-9-15-12-4-6-14(7-5-12)20(17,18)16-10-8-13(11-16)19-2/h4-7,13,15H,3,8-11H2,1-2H3. The zero-order chi connectivity index (χ0) is 14.6. The summed E-state index contributed by atoms with van der Waals surface area (Å²) in [6, 6.07) is 6.94. The van der Waals surface area contributed by atoms with E-state index in [1.54, 1.807) is 19.2 Å². The third kappa shape index (κ3) is 3.31. The van der Waals surface area contributed by atoms with Crippen molar-refractivity contribution in [3.63, 3.8) is 0 Å². The molecule has 0 bridgehead atoms. The lowest BCUT2D eigenvalue weighted by Gasteiger charge is -2.16. The van der Waals surface area contributed by atoms with Crippen LogP contribution in [-0.2, 0) is 14.8 Å². The molecule has 2 rings (SSSR count). The predicted molar refractivity (Wildman–Crippen MR) is 79.4 cm³/mol. The second-order valence-corrected chi connectivity index (χ2v) is 6.90. The molecule has 0 aromatic heterocycles. The number of sulfonamides is 1. The number of benzene rings is 1. The summed E-state index contributed by atoms with van der Waals surface area (Å²) in [7, 11) is -1.77. The summed E-state index contributed by atoms with van der Waals surface area (Å²) >= 11 is 0. The van der Waals surface area contributed by atoms with Crippen LogP contribution in [0.1, 0.15) is 19.8 Å². The summed E-state index contributed by atoms with van der Waals surface area (Å²) in [4.78, 5) is 0.344. The summed E-state index contributed by atoms with van der Waals surface area (Å²) in [5.74, 6) is 0. The Labute approximate surface area is 121 Å². The highest BCUT2D eigenvalue weighted by Gasteiger charge is 2.32. The van der Waals surface area contributed by atoms with E-state index in [2.05, 4.69) is 12.2 Å². The van der Waals surface area contributed by atoms with Crippen molar-refractivity contribution >= 4 is 15.7 Å². The van der Waals surface area contributed by atoms with Gasteiger partial charge in [0, 0.05) is 32.4 Å². The lowest BCUT2D eigenvalue weighted by molar-refractivity contribution is 0.115. The average Bonchev–Trinajstić information content (AvgIpc) is 2.95. The van der Waals surface area contributed by atoms with Crippen LogP contribution < -0.4 is 5.32 Å². The summed E-state index contributed by atoms with van der Waals surface area (Å²) in [6.45, 7) is 3.94. The van der Waals surface area contributed by atoms with Crippen molar-refractivity contribution in [3.05, 3.63) is 24.3 Å². The average molecular weight is 298 g/mol. The van der Waals surface area contributed by atoms with E-state index < -0.39 is 10.0 Å². The fourth-order valence-corrected chi connectivity index (χ4v) is 3.76. The van der Waals surface area contributed by atoms with Gasteiger partial charge in [-0.1, -0.05) is 6.92 Å². The Kier molecular flexibility index (Phi) is 5.01. The zero-order valence-corrected chi connectivity index (χ0v) is 12.8. The van der Waals surface area contributed by atoms with E-state index in [0.717, 1.165) is 25.1 Å². The molecular formula is C14H22N2O3S. The molecule has 0 radical (unpaired) electrons. The molecule has 1 aliphatic rings. The van der Waals surface area contributed by atoms with Gasteiger partial charge >= 0.3 is 0 Å². The van der Waals surface area contributed by atoms with E-state index in [1.165, 1.54) is 4.31 Å². The Morgan fingerprint density at radius 1 is 1.35 bits per heavy atom. The lowest BCUT2D eigenvalue weighted by Crippen LogP contribution is -2.30. The maximum absolute atomic E-state index is 12.5. The van der Waals surface area contributed by atoms with Gasteiger partial charge in [-0.15, -0.1) is 0 Å². The van der Waals surface area contributed by atoms with Crippen LogP contribution in [0.15, 0.2) is 29.2 Å². The summed E-state index contributed by atoms with van der Waals surface area (Å²) in [5, 5.41) is 3.23. The SMILES string of the molecule is CCCNc1ccc(S(=O)(=O)N2CCC(OC)C2)cc1. The number of hydrogen-bond acceptors (Lipinski definition) is 4. The monoisotopic (exact) mass is 298 g/mol. The van der Waals surface area contributed by atoms with Gasteiger partial charge in [-0.25, -0.2) is 8.42 Å². The molecule has 1 atom stereocenters. The number of ether oxygens (including phenoxy) is 1. The molecule has 20 heavy (non-hydrogen) atoms. The maximum Gasteiger partial charge on any atom is 0.243 e. The molecule has 1 unspecified atom stereocenters. The molecular weight excluding hydrogens is 276 g/mol. The molecule has 0 saturated carbocycles. The van der Waals surface area contributed by atoms with Crippen LogP contribution in [0.3, 0.4) is 0 Å². The van der Waals surface area contributed by atoms with Crippen molar-refractivity contribution in [3.8, 4) is 0 Å². The summed E-state index contributed by atoms with van der Waals surface area (Å²) in [5.41, 5.74) is 0.946. The molecule has 1 aliphatic heterocycles. The molecule has 112 valence electrons. The fraction of sp³-hybridized carbons (Fsp3) is 0.571. The summed E-state index contributed by atoms with van der Waals surface area (Å²) in [6.07, 6.45) is 1.80. The van der Waals surface area contributed by atoms with Gasteiger partial charge in [-0.05, 0) is 37.1 Å². The van der Waals surface area contributed by atoms with Gasteiger partial charge in [-0.2, -0.15) is 4.31 Å². The van der Waals surface area contributed by atoms with Gasteiger partial charge < -0.3 is 10.1 Å². The predicted octanol–water partition coefficient (Wildman–Crippen LogP) is 1.92. The van der Waals surface area contributed by atoms with E-state index in [1.807, 2.05) is 12.1 Å². The number of rotatable bonds is 6. The van der Waals surface area contributed by atoms with E-state index in [4.69, 9.17) is 4.74 Å². The Balaban J connectivity index is 2.10. The second kappa shape index (κ2) is 6.56. The molecule has 0 aliphatic carbocycles. The van der Waals surface area contributed by atoms with Crippen molar-refractivity contribution < 1.29 is 13.2 Å². The van der Waals surface area contributed by atoms with Crippen LogP contribution in [0.2, 0.25) is 0 Å². The number of methoxy groups -OCH3 is 1. The molecule has 1 heterocycles. The zero-order valence-electron chi connectivity index (χ0n) is 12.0. The Morgan fingerprint density at radius 2 is 2.05 bits per heavy atom. The Bertz CT molecular complexity index is 528. The largest absolute Gasteiger partial charge is 0.385 e. The van der Waals surface area contributed by atoms with E-state index in [0.29, 0.717) is 18.0 Å². The van der Waals surface area contributed by atoms with Crippen molar-refractivity contribution in [1.82, 2.24) is 4.31 Å². The van der Waals surface area contributed by atoms with Gasteiger partial charge in [0.15, 0.2) is 0 Å². The Hall–Kier alpha value is -1.11. The highest BCUT2D eigenvalue weighted by molar-refractivity contribution is 7.89. The molecule has 0 spiro atoms. The molecule has 6 heteroatoms. The normalized spacial score (nSPS) is 20.2. The molecule has 1 aromatic rings. The number of hydrogen-bond donors (Lipinski definition) is 1. The maximum atomic E-state index is 12.5. The van der Waals surface area contributed by atoms with Gasteiger partial charge in [0.1, 0.15) is 0 Å². The molecule has 1 saturated heterocycles. The molecule has 1 aromatic carbocycles. The van der Waals surface area contributed by atoms with Gasteiger partial charge in [-0.3, -0.25) is 0 Å². The number of nitrogens with one attached hydrogen (secondary N) is 1. The third-order valence-corrected chi connectivity index (χ3v) is 5.39. The van der Waals surface area contributed by atoms with Gasteiger partial charge in [0.2, 0.25) is 10.0 Å². The molecule has 1 N–H and O–H groups in total. The van der Waals surface area contributed by atoms with Crippen LogP contribution in [0.25, 0.3) is 0 Å². The van der Waals surface area contributed by atoms with Crippen LogP contribution in [0, 0.1) is 0 Å². The van der Waals surface area contributed by atoms with Crippen molar-refractivity contribution in [1.29, 1.82) is 0 Å². The highest BCUT2D eigenvalue weighted by Crippen LogP contribution is 2.23. The van der Waals surface area contributed by atoms with Crippen molar-refractivity contribution in [2.45, 2.75) is 30.8 Å². The minimum atomic E-state index is -3.39. The quantitative estimate of drug-likeness (QED) is 0.871. The molecule has 5 nitrogen and oxygen atoms in total. The van der Waals surface area contributed by atoms with Crippen LogP contribution in [-0.4, -0.2) is 45.6 Å². The third-order valence-electron chi connectivity index (χ3n) is 3.51. The Morgan fingerprint density at radius 3 is 2.60 bits per heavy atom. The first-order valence-corrected chi connectivity index (χ1v) is 8.39. The van der Waals surface area contributed by atoms with E-state index in [9.17, 15) is 8.42 Å². The van der Waals surface area contributed by atoms with E-state index in [-0.39, 0.29) is 6.10 Å². The topological polar surface area (TPSA) is 58.6 Å². The molecule has 0 amide bonds. The number of anilines is 1. The molecule has 1 fully saturated rings. The minimum absolute atomic E-state index is 0.00951. The minimum Gasteiger partial charge on any atom is -0.385 e. The van der Waals surface area contributed by atoms with Crippen LogP contribution >= 0.6 is 0 Å². The van der Waals surface area contributed by atoms with Crippen LogP contribution in [0.4, 0.5) is 5.69 Å². The first-order valence-electron chi connectivity index (χ1n) is 6.94. The smallest absolute Gasteiger partial charge is 0.243 e. The first kappa shape index (κ1) is 15.3. The van der Waals surface area contributed by atoms with Gasteiger partial charge in [0.05, 0.1) is 11.0 Å². The first-order chi connectivity index (χ1) is 9.57. The van der Waals surface area contributed by atoms with E-state index >= 15 is 0 Å².